The SMILES string of the molecule is CCCOc1ccc(CN(C(=O)c2cccs2)C2CCS(=O)(=O)C2)cc1. The molecule has 0 aliphatic carbocycles. The van der Waals surface area contributed by atoms with E-state index < -0.39 is 9.84 Å². The molecule has 0 spiro atoms. The van der Waals surface area contributed by atoms with Crippen LogP contribution in [-0.2, 0) is 16.4 Å². The maximum atomic E-state index is 12.9. The number of ether oxygens (including phenoxy) is 1. The molecular weight excluding hydrogens is 370 g/mol. The third-order valence-corrected chi connectivity index (χ3v) is 7.00. The Kier molecular flexibility index (Phi) is 5.98. The van der Waals surface area contributed by atoms with Gasteiger partial charge < -0.3 is 9.64 Å². The lowest BCUT2D eigenvalue weighted by molar-refractivity contribution is 0.0686. The van der Waals surface area contributed by atoms with E-state index in [-0.39, 0.29) is 23.5 Å². The monoisotopic (exact) mass is 393 g/mol. The Hall–Kier alpha value is -1.86. The van der Waals surface area contributed by atoms with Gasteiger partial charge in [0, 0.05) is 12.6 Å². The van der Waals surface area contributed by atoms with E-state index in [1.165, 1.54) is 11.3 Å². The number of thiophene rings is 1. The molecule has 26 heavy (non-hydrogen) atoms. The van der Waals surface area contributed by atoms with Crippen LogP contribution in [0.5, 0.6) is 5.75 Å². The van der Waals surface area contributed by atoms with Crippen LogP contribution in [0.3, 0.4) is 0 Å². The van der Waals surface area contributed by atoms with Gasteiger partial charge in [-0.1, -0.05) is 25.1 Å². The summed E-state index contributed by atoms with van der Waals surface area (Å²) in [6.45, 7) is 3.12. The molecule has 1 saturated heterocycles. The summed E-state index contributed by atoms with van der Waals surface area (Å²) in [5.74, 6) is 0.890. The lowest BCUT2D eigenvalue weighted by Gasteiger charge is -2.28. The molecule has 140 valence electrons. The van der Waals surface area contributed by atoms with E-state index in [1.807, 2.05) is 35.7 Å². The van der Waals surface area contributed by atoms with Gasteiger partial charge >= 0.3 is 0 Å². The molecule has 0 radical (unpaired) electrons. The van der Waals surface area contributed by atoms with Gasteiger partial charge in [-0.25, -0.2) is 8.42 Å². The Labute approximate surface area is 158 Å². The number of carbonyl (C=O) groups is 1. The standard InChI is InChI=1S/C19H23NO4S2/c1-2-10-24-17-7-5-15(6-8-17)13-20(16-9-12-26(22,23)14-16)19(21)18-4-3-11-25-18/h3-8,11,16H,2,9-10,12-14H2,1H3. The van der Waals surface area contributed by atoms with E-state index in [9.17, 15) is 13.2 Å². The molecule has 3 rings (SSSR count). The summed E-state index contributed by atoms with van der Waals surface area (Å²) >= 11 is 1.38. The average molecular weight is 394 g/mol. The number of amides is 1. The second kappa shape index (κ2) is 8.22. The molecule has 1 fully saturated rings. The van der Waals surface area contributed by atoms with Gasteiger partial charge in [0.15, 0.2) is 9.84 Å². The summed E-state index contributed by atoms with van der Waals surface area (Å²) < 4.78 is 29.4. The number of rotatable bonds is 7. The predicted molar refractivity (Wildman–Crippen MR) is 103 cm³/mol. The first-order valence-electron chi connectivity index (χ1n) is 8.75. The fourth-order valence-corrected chi connectivity index (χ4v) is 5.45. The zero-order valence-electron chi connectivity index (χ0n) is 14.8. The van der Waals surface area contributed by atoms with Gasteiger partial charge in [0.05, 0.1) is 23.0 Å². The third kappa shape index (κ3) is 4.65. The summed E-state index contributed by atoms with van der Waals surface area (Å²) in [4.78, 5) is 15.3. The van der Waals surface area contributed by atoms with Gasteiger partial charge in [0.2, 0.25) is 0 Å². The van der Waals surface area contributed by atoms with Crippen LogP contribution < -0.4 is 4.74 Å². The fourth-order valence-electron chi connectivity index (χ4n) is 3.04. The normalized spacial score (nSPS) is 18.6. The molecule has 2 aromatic rings. The molecule has 1 atom stereocenters. The third-order valence-electron chi connectivity index (χ3n) is 4.39. The zero-order valence-corrected chi connectivity index (χ0v) is 16.4. The van der Waals surface area contributed by atoms with E-state index in [0.29, 0.717) is 24.4 Å². The van der Waals surface area contributed by atoms with Crippen molar-refractivity contribution in [1.82, 2.24) is 4.90 Å². The van der Waals surface area contributed by atoms with Gasteiger partial charge in [-0.3, -0.25) is 4.79 Å². The van der Waals surface area contributed by atoms with E-state index in [4.69, 9.17) is 4.74 Å². The Morgan fingerprint density at radius 1 is 1.27 bits per heavy atom. The summed E-state index contributed by atoms with van der Waals surface area (Å²) in [6.07, 6.45) is 1.44. The highest BCUT2D eigenvalue weighted by molar-refractivity contribution is 7.91. The van der Waals surface area contributed by atoms with Gasteiger partial charge in [-0.15, -0.1) is 11.3 Å². The van der Waals surface area contributed by atoms with Crippen LogP contribution in [0.2, 0.25) is 0 Å². The number of sulfone groups is 1. The molecule has 5 nitrogen and oxygen atoms in total. The highest BCUT2D eigenvalue weighted by atomic mass is 32.2. The van der Waals surface area contributed by atoms with Crippen molar-refractivity contribution in [1.29, 1.82) is 0 Å². The fraction of sp³-hybridized carbons (Fsp3) is 0.421. The van der Waals surface area contributed by atoms with E-state index in [2.05, 4.69) is 6.92 Å². The number of hydrogen-bond acceptors (Lipinski definition) is 5. The van der Waals surface area contributed by atoms with Crippen LogP contribution in [0, 0.1) is 0 Å². The molecule has 0 N–H and O–H groups in total. The van der Waals surface area contributed by atoms with Crippen LogP contribution in [-0.4, -0.2) is 43.4 Å². The van der Waals surface area contributed by atoms with Crippen molar-refractivity contribution in [3.63, 3.8) is 0 Å². The molecule has 7 heteroatoms. The molecule has 1 aliphatic rings. The number of benzene rings is 1. The number of carbonyl (C=O) groups excluding carboxylic acids is 1. The maximum absolute atomic E-state index is 12.9. The van der Waals surface area contributed by atoms with Crippen molar-refractivity contribution in [2.24, 2.45) is 0 Å². The second-order valence-electron chi connectivity index (χ2n) is 6.46. The van der Waals surface area contributed by atoms with Crippen molar-refractivity contribution in [2.45, 2.75) is 32.4 Å². The van der Waals surface area contributed by atoms with Gasteiger partial charge in [0.25, 0.3) is 5.91 Å². The van der Waals surface area contributed by atoms with Crippen molar-refractivity contribution < 1.29 is 17.9 Å². The Bertz CT molecular complexity index is 829. The predicted octanol–water partition coefficient (Wildman–Crippen LogP) is 3.37. The van der Waals surface area contributed by atoms with Crippen LogP contribution in [0.1, 0.15) is 35.0 Å². The van der Waals surface area contributed by atoms with Gasteiger partial charge in [0.1, 0.15) is 5.75 Å². The molecule has 0 bridgehead atoms. The van der Waals surface area contributed by atoms with Crippen molar-refractivity contribution in [2.75, 3.05) is 18.1 Å². The van der Waals surface area contributed by atoms with Crippen molar-refractivity contribution in [3.8, 4) is 5.75 Å². The van der Waals surface area contributed by atoms with E-state index >= 15 is 0 Å². The molecule has 1 aliphatic heterocycles. The molecule has 1 aromatic carbocycles. The average Bonchev–Trinajstić information content (AvgIpc) is 3.28. The van der Waals surface area contributed by atoms with Crippen molar-refractivity contribution in [3.05, 3.63) is 52.2 Å². The number of hydrogen-bond donors (Lipinski definition) is 0. The zero-order chi connectivity index (χ0) is 18.6. The van der Waals surface area contributed by atoms with Crippen LogP contribution in [0.4, 0.5) is 0 Å². The minimum Gasteiger partial charge on any atom is -0.494 e. The van der Waals surface area contributed by atoms with Gasteiger partial charge in [-0.05, 0) is 42.0 Å². The van der Waals surface area contributed by atoms with Gasteiger partial charge in [-0.2, -0.15) is 0 Å². The lowest BCUT2D eigenvalue weighted by Crippen LogP contribution is -2.40. The Morgan fingerprint density at radius 2 is 2.04 bits per heavy atom. The van der Waals surface area contributed by atoms with Crippen molar-refractivity contribution >= 4 is 27.1 Å². The molecule has 1 aromatic heterocycles. The summed E-state index contributed by atoms with van der Waals surface area (Å²) in [5.41, 5.74) is 0.961. The highest BCUT2D eigenvalue weighted by Crippen LogP contribution is 2.24. The molecule has 2 heterocycles. The maximum Gasteiger partial charge on any atom is 0.264 e. The van der Waals surface area contributed by atoms with E-state index in [0.717, 1.165) is 17.7 Å². The molecular formula is C19H23NO4S2. The minimum atomic E-state index is -3.06. The first-order chi connectivity index (χ1) is 12.5. The Morgan fingerprint density at radius 3 is 2.62 bits per heavy atom. The second-order valence-corrected chi connectivity index (χ2v) is 9.64. The molecule has 1 unspecified atom stereocenters. The highest BCUT2D eigenvalue weighted by Gasteiger charge is 2.35. The Balaban J connectivity index is 1.78. The van der Waals surface area contributed by atoms with Crippen LogP contribution in [0.25, 0.3) is 0 Å². The summed E-state index contributed by atoms with van der Waals surface area (Å²) in [7, 11) is -3.06. The summed E-state index contributed by atoms with van der Waals surface area (Å²) in [6, 6.07) is 11.0. The first kappa shape index (κ1) is 18.9. The molecule has 1 amide bonds. The van der Waals surface area contributed by atoms with Crippen LogP contribution in [0.15, 0.2) is 41.8 Å². The largest absolute Gasteiger partial charge is 0.494 e. The summed E-state index contributed by atoms with van der Waals surface area (Å²) in [5, 5.41) is 1.86. The lowest BCUT2D eigenvalue weighted by atomic mass is 10.1. The van der Waals surface area contributed by atoms with Crippen LogP contribution >= 0.6 is 11.3 Å². The topological polar surface area (TPSA) is 63.7 Å². The molecule has 0 saturated carbocycles. The number of nitrogens with zero attached hydrogens (tertiary/aromatic N) is 1. The first-order valence-corrected chi connectivity index (χ1v) is 11.5. The minimum absolute atomic E-state index is 0.0435. The van der Waals surface area contributed by atoms with E-state index in [1.54, 1.807) is 11.0 Å². The quantitative estimate of drug-likeness (QED) is 0.724. The smallest absolute Gasteiger partial charge is 0.264 e.